The molecule has 0 aromatic heterocycles. The van der Waals surface area contributed by atoms with Gasteiger partial charge in [-0.2, -0.15) is 10.5 Å². The molecular formula is C22H21IN2O2. The molecule has 27 heavy (non-hydrogen) atoms. The number of nitriles is 2. The van der Waals surface area contributed by atoms with Gasteiger partial charge in [-0.3, -0.25) is 0 Å². The summed E-state index contributed by atoms with van der Waals surface area (Å²) < 4.78 is 6.48. The minimum Gasteiger partial charge on any atom is -0.462 e. The minimum absolute atomic E-state index is 0.227. The quantitative estimate of drug-likeness (QED) is 0.404. The number of esters is 1. The molecule has 5 heteroatoms. The number of ether oxygens (including phenoxy) is 1. The first-order chi connectivity index (χ1) is 12.9. The van der Waals surface area contributed by atoms with Crippen molar-refractivity contribution in [1.82, 2.24) is 0 Å². The highest BCUT2D eigenvalue weighted by atomic mass is 127. The Bertz CT molecular complexity index is 835. The highest BCUT2D eigenvalue weighted by Gasteiger charge is 2.37. The van der Waals surface area contributed by atoms with Crippen LogP contribution in [0.5, 0.6) is 0 Å². The van der Waals surface area contributed by atoms with Crippen LogP contribution < -0.4 is 0 Å². The molecule has 0 N–H and O–H groups in total. The second-order valence-corrected chi connectivity index (χ2v) is 8.25. The highest BCUT2D eigenvalue weighted by molar-refractivity contribution is 14.1. The Labute approximate surface area is 173 Å². The van der Waals surface area contributed by atoms with Gasteiger partial charge in [-0.25, -0.2) is 4.79 Å². The maximum absolute atomic E-state index is 12.2. The molecular weight excluding hydrogens is 451 g/mol. The van der Waals surface area contributed by atoms with Gasteiger partial charge >= 0.3 is 5.97 Å². The molecule has 0 fully saturated rings. The lowest BCUT2D eigenvalue weighted by atomic mass is 9.67. The summed E-state index contributed by atoms with van der Waals surface area (Å²) >= 11 is 2.18. The predicted molar refractivity (Wildman–Crippen MR) is 112 cm³/mol. The number of nitrogens with zero attached hydrogens (tertiary/aromatic N) is 2. The summed E-state index contributed by atoms with van der Waals surface area (Å²) in [5.41, 5.74) is 1.06. The van der Waals surface area contributed by atoms with Gasteiger partial charge < -0.3 is 4.74 Å². The summed E-state index contributed by atoms with van der Waals surface area (Å²) in [7, 11) is 0. The number of halogens is 1. The van der Waals surface area contributed by atoms with Gasteiger partial charge in [0.25, 0.3) is 0 Å². The van der Waals surface area contributed by atoms with Crippen LogP contribution in [0, 0.1) is 37.6 Å². The van der Waals surface area contributed by atoms with Crippen molar-refractivity contribution in [1.29, 1.82) is 10.5 Å². The molecule has 4 nitrogen and oxygen atoms in total. The Hall–Kier alpha value is -2.38. The fourth-order valence-corrected chi connectivity index (χ4v) is 3.52. The summed E-state index contributed by atoms with van der Waals surface area (Å²) in [6.45, 7) is 4.24. The first kappa shape index (κ1) is 20.9. The molecule has 0 saturated heterocycles. The van der Waals surface area contributed by atoms with Crippen LogP contribution in [0.25, 0.3) is 0 Å². The molecule has 0 spiro atoms. The van der Waals surface area contributed by atoms with E-state index in [0.717, 1.165) is 9.13 Å². The largest absolute Gasteiger partial charge is 0.462 e. The molecule has 0 bridgehead atoms. The molecule has 2 aromatic rings. The van der Waals surface area contributed by atoms with Gasteiger partial charge in [0.2, 0.25) is 0 Å². The van der Waals surface area contributed by atoms with E-state index in [4.69, 9.17) is 4.74 Å². The normalized spacial score (nSPS) is 12.1. The van der Waals surface area contributed by atoms with E-state index in [1.54, 1.807) is 12.1 Å². The van der Waals surface area contributed by atoms with E-state index in [1.807, 2.05) is 56.3 Å². The van der Waals surface area contributed by atoms with Crippen molar-refractivity contribution in [2.24, 2.45) is 11.3 Å². The molecule has 0 radical (unpaired) electrons. The van der Waals surface area contributed by atoms with E-state index in [-0.39, 0.29) is 18.5 Å². The topological polar surface area (TPSA) is 73.9 Å². The fraction of sp³-hybridized carbons (Fsp3) is 0.318. The first-order valence-electron chi connectivity index (χ1n) is 8.66. The van der Waals surface area contributed by atoms with Crippen LogP contribution in [0.4, 0.5) is 0 Å². The van der Waals surface area contributed by atoms with Crippen LogP contribution in [0.3, 0.4) is 0 Å². The smallest absolute Gasteiger partial charge is 0.338 e. The van der Waals surface area contributed by atoms with Crippen LogP contribution >= 0.6 is 22.6 Å². The average molecular weight is 472 g/mol. The van der Waals surface area contributed by atoms with E-state index >= 15 is 0 Å². The maximum Gasteiger partial charge on any atom is 0.338 e. The van der Waals surface area contributed by atoms with Crippen molar-refractivity contribution in [2.45, 2.75) is 26.2 Å². The standard InChI is InChI=1S/C22H21IN2O2/c1-22(2,12-13-27-21(26)17-8-10-19(23)11-9-17)20(18(14-24)15-25)16-6-4-3-5-7-16/h3-11,18,20H,12-13H2,1-2H3. The van der Waals surface area contributed by atoms with Crippen molar-refractivity contribution < 1.29 is 9.53 Å². The van der Waals surface area contributed by atoms with Gasteiger partial charge in [-0.15, -0.1) is 0 Å². The van der Waals surface area contributed by atoms with Gasteiger partial charge in [0, 0.05) is 9.49 Å². The van der Waals surface area contributed by atoms with E-state index < -0.39 is 11.3 Å². The number of benzene rings is 2. The Morgan fingerprint density at radius 2 is 1.67 bits per heavy atom. The zero-order chi connectivity index (χ0) is 19.9. The minimum atomic E-state index is -0.769. The molecule has 1 atom stereocenters. The molecule has 2 aromatic carbocycles. The summed E-state index contributed by atoms with van der Waals surface area (Å²) in [5, 5.41) is 18.9. The van der Waals surface area contributed by atoms with Crippen LogP contribution in [-0.2, 0) is 4.74 Å². The first-order valence-corrected chi connectivity index (χ1v) is 9.74. The van der Waals surface area contributed by atoms with Crippen LogP contribution in [0.1, 0.15) is 42.1 Å². The molecule has 2 rings (SSSR count). The summed E-state index contributed by atoms with van der Waals surface area (Å²) in [4.78, 5) is 12.2. The fourth-order valence-electron chi connectivity index (χ4n) is 3.16. The maximum atomic E-state index is 12.2. The van der Waals surface area contributed by atoms with Crippen molar-refractivity contribution in [3.63, 3.8) is 0 Å². The molecule has 0 heterocycles. The van der Waals surface area contributed by atoms with Crippen molar-refractivity contribution in [2.75, 3.05) is 6.61 Å². The van der Waals surface area contributed by atoms with Crippen molar-refractivity contribution >= 4 is 28.6 Å². The van der Waals surface area contributed by atoms with Gasteiger partial charge in [-0.1, -0.05) is 44.2 Å². The van der Waals surface area contributed by atoms with Crippen LogP contribution in [-0.4, -0.2) is 12.6 Å². The van der Waals surface area contributed by atoms with Crippen LogP contribution in [0.15, 0.2) is 54.6 Å². The van der Waals surface area contributed by atoms with Gasteiger partial charge in [-0.05, 0) is 64.3 Å². The number of hydrogen-bond acceptors (Lipinski definition) is 4. The molecule has 0 aliphatic carbocycles. The molecule has 0 aliphatic heterocycles. The highest BCUT2D eigenvalue weighted by Crippen LogP contribution is 2.43. The molecule has 138 valence electrons. The zero-order valence-corrected chi connectivity index (χ0v) is 17.5. The SMILES string of the molecule is CC(C)(CCOC(=O)c1ccc(I)cc1)C(c1ccccc1)C(C#N)C#N. The van der Waals surface area contributed by atoms with E-state index in [9.17, 15) is 15.3 Å². The lowest BCUT2D eigenvalue weighted by molar-refractivity contribution is 0.0439. The lowest BCUT2D eigenvalue weighted by Crippen LogP contribution is -2.29. The van der Waals surface area contributed by atoms with Gasteiger partial charge in [0.15, 0.2) is 0 Å². The Morgan fingerprint density at radius 3 is 2.22 bits per heavy atom. The molecule has 1 unspecified atom stereocenters. The van der Waals surface area contributed by atoms with E-state index in [1.165, 1.54) is 0 Å². The second-order valence-electron chi connectivity index (χ2n) is 7.01. The molecule has 0 aliphatic rings. The Morgan fingerprint density at radius 1 is 1.07 bits per heavy atom. The number of carbonyl (C=O) groups excluding carboxylic acids is 1. The number of hydrogen-bond donors (Lipinski definition) is 0. The Balaban J connectivity index is 2.10. The molecule has 0 saturated carbocycles. The zero-order valence-electron chi connectivity index (χ0n) is 15.4. The summed E-state index contributed by atoms with van der Waals surface area (Å²) in [6, 6.07) is 21.0. The van der Waals surface area contributed by atoms with E-state index in [2.05, 4.69) is 34.7 Å². The second kappa shape index (κ2) is 9.53. The van der Waals surface area contributed by atoms with Crippen molar-refractivity contribution in [3.8, 4) is 12.1 Å². The lowest BCUT2D eigenvalue weighted by Gasteiger charge is -2.35. The summed E-state index contributed by atoms with van der Waals surface area (Å²) in [6.07, 6.45) is 0.544. The average Bonchev–Trinajstić information content (AvgIpc) is 2.66. The summed E-state index contributed by atoms with van der Waals surface area (Å²) in [5.74, 6) is -1.41. The van der Waals surface area contributed by atoms with Crippen LogP contribution in [0.2, 0.25) is 0 Å². The van der Waals surface area contributed by atoms with E-state index in [0.29, 0.717) is 12.0 Å². The molecule has 0 amide bonds. The Kier molecular flexibility index (Phi) is 7.38. The van der Waals surface area contributed by atoms with Gasteiger partial charge in [0.1, 0.15) is 5.92 Å². The number of carbonyl (C=O) groups is 1. The third kappa shape index (κ3) is 5.55. The number of rotatable bonds is 7. The van der Waals surface area contributed by atoms with Crippen molar-refractivity contribution in [3.05, 3.63) is 69.3 Å². The third-order valence-electron chi connectivity index (χ3n) is 4.67. The third-order valence-corrected chi connectivity index (χ3v) is 5.39. The predicted octanol–water partition coefficient (Wildman–Crippen LogP) is 5.31. The monoisotopic (exact) mass is 472 g/mol. The van der Waals surface area contributed by atoms with Gasteiger partial charge in [0.05, 0.1) is 24.3 Å².